The molecule has 0 aliphatic carbocycles. The lowest BCUT2D eigenvalue weighted by Crippen LogP contribution is -2.36. The van der Waals surface area contributed by atoms with E-state index in [1.165, 1.54) is 38.9 Å². The topological polar surface area (TPSA) is 24.5 Å². The first kappa shape index (κ1) is 12.9. The number of ether oxygens (including phenoxy) is 1. The molecule has 1 heterocycles. The summed E-state index contributed by atoms with van der Waals surface area (Å²) in [5.74, 6) is 0.806. The third-order valence-electron chi connectivity index (χ3n) is 3.19. The van der Waals surface area contributed by atoms with Crippen LogP contribution >= 0.6 is 0 Å². The van der Waals surface area contributed by atoms with E-state index in [1.54, 1.807) is 0 Å². The van der Waals surface area contributed by atoms with E-state index in [4.69, 9.17) is 4.74 Å². The minimum Gasteiger partial charge on any atom is -0.384 e. The highest BCUT2D eigenvalue weighted by atomic mass is 16.5. The number of piperidine rings is 1. The molecule has 90 valence electrons. The van der Waals surface area contributed by atoms with Gasteiger partial charge in [-0.15, -0.1) is 0 Å². The number of hydrogen-bond acceptors (Lipinski definition) is 3. The zero-order valence-electron chi connectivity index (χ0n) is 10.3. The first-order valence-electron chi connectivity index (χ1n) is 6.28. The molecule has 0 bridgehead atoms. The highest BCUT2D eigenvalue weighted by molar-refractivity contribution is 4.72. The van der Waals surface area contributed by atoms with Crippen LogP contribution in [0.15, 0.2) is 0 Å². The molecule has 1 rings (SSSR count). The second-order valence-corrected chi connectivity index (χ2v) is 4.45. The van der Waals surface area contributed by atoms with Crippen LogP contribution in [-0.2, 0) is 4.74 Å². The normalized spacial score (nSPS) is 19.6. The van der Waals surface area contributed by atoms with Gasteiger partial charge in [-0.25, -0.2) is 0 Å². The Balaban J connectivity index is 1.99. The van der Waals surface area contributed by atoms with E-state index < -0.39 is 0 Å². The Labute approximate surface area is 94.2 Å². The molecule has 15 heavy (non-hydrogen) atoms. The highest BCUT2D eigenvalue weighted by Crippen LogP contribution is 2.17. The highest BCUT2D eigenvalue weighted by Gasteiger charge is 2.18. The maximum atomic E-state index is 5.20. The van der Waals surface area contributed by atoms with Crippen LogP contribution in [0.4, 0.5) is 0 Å². The van der Waals surface area contributed by atoms with Crippen LogP contribution in [-0.4, -0.2) is 51.3 Å². The lowest BCUT2D eigenvalue weighted by molar-refractivity contribution is 0.0991. The molecular weight excluding hydrogens is 188 g/mol. The molecule has 3 heteroatoms. The zero-order chi connectivity index (χ0) is 10.9. The van der Waals surface area contributed by atoms with Gasteiger partial charge in [0.2, 0.25) is 0 Å². The summed E-state index contributed by atoms with van der Waals surface area (Å²) in [4.78, 5) is 2.59. The quantitative estimate of drug-likeness (QED) is 0.647. The minimum absolute atomic E-state index is 0.806. The summed E-state index contributed by atoms with van der Waals surface area (Å²) in [6.45, 7) is 9.15. The van der Waals surface area contributed by atoms with E-state index in [2.05, 4.69) is 17.1 Å². The van der Waals surface area contributed by atoms with Crippen molar-refractivity contribution in [2.75, 3.05) is 46.4 Å². The first-order valence-corrected chi connectivity index (χ1v) is 6.28. The molecule has 1 saturated heterocycles. The number of hydrogen-bond donors (Lipinski definition) is 1. The number of nitrogens with one attached hydrogen (secondary N) is 1. The van der Waals surface area contributed by atoms with Crippen molar-refractivity contribution >= 4 is 0 Å². The minimum atomic E-state index is 0.806. The smallest absolute Gasteiger partial charge is 0.0491 e. The Bertz CT molecular complexity index is 142. The van der Waals surface area contributed by atoms with Crippen LogP contribution in [0.3, 0.4) is 0 Å². The van der Waals surface area contributed by atoms with Crippen LogP contribution in [0.2, 0.25) is 0 Å². The average Bonchev–Trinajstić information content (AvgIpc) is 2.27. The molecule has 1 aliphatic rings. The van der Waals surface area contributed by atoms with Gasteiger partial charge in [0, 0.05) is 13.7 Å². The fourth-order valence-corrected chi connectivity index (χ4v) is 2.22. The maximum Gasteiger partial charge on any atom is 0.0491 e. The molecule has 0 aromatic heterocycles. The molecule has 0 aromatic rings. The van der Waals surface area contributed by atoms with Crippen molar-refractivity contribution in [2.24, 2.45) is 5.92 Å². The molecule has 1 fully saturated rings. The monoisotopic (exact) mass is 214 g/mol. The van der Waals surface area contributed by atoms with Crippen molar-refractivity contribution in [3.05, 3.63) is 0 Å². The van der Waals surface area contributed by atoms with Gasteiger partial charge in [0.05, 0.1) is 0 Å². The summed E-state index contributed by atoms with van der Waals surface area (Å²) in [5.41, 5.74) is 0. The molecule has 3 nitrogen and oxygen atoms in total. The van der Waals surface area contributed by atoms with E-state index >= 15 is 0 Å². The standard InChI is InChI=1S/C12H26N2O/c1-3-13-7-4-8-14-9-5-12(6-10-14)11-15-2/h12-13H,3-11H2,1-2H3. The van der Waals surface area contributed by atoms with Crippen LogP contribution < -0.4 is 5.32 Å². The molecule has 1 N–H and O–H groups in total. The van der Waals surface area contributed by atoms with E-state index in [9.17, 15) is 0 Å². The zero-order valence-corrected chi connectivity index (χ0v) is 10.3. The van der Waals surface area contributed by atoms with Gasteiger partial charge in [0.25, 0.3) is 0 Å². The van der Waals surface area contributed by atoms with Crippen LogP contribution in [0.5, 0.6) is 0 Å². The summed E-state index contributed by atoms with van der Waals surface area (Å²) >= 11 is 0. The van der Waals surface area contributed by atoms with E-state index in [-0.39, 0.29) is 0 Å². The average molecular weight is 214 g/mol. The Morgan fingerprint density at radius 3 is 2.67 bits per heavy atom. The number of rotatable bonds is 7. The first-order chi connectivity index (χ1) is 7.36. The van der Waals surface area contributed by atoms with Crippen molar-refractivity contribution in [1.29, 1.82) is 0 Å². The van der Waals surface area contributed by atoms with Crippen LogP contribution in [0, 0.1) is 5.92 Å². The second-order valence-electron chi connectivity index (χ2n) is 4.45. The lowest BCUT2D eigenvalue weighted by atomic mass is 9.98. The van der Waals surface area contributed by atoms with Gasteiger partial charge in [-0.1, -0.05) is 6.92 Å². The predicted molar refractivity (Wildman–Crippen MR) is 64.2 cm³/mol. The molecule has 1 aliphatic heterocycles. The van der Waals surface area contributed by atoms with E-state index in [0.717, 1.165) is 25.6 Å². The van der Waals surface area contributed by atoms with E-state index in [0.29, 0.717) is 0 Å². The Kier molecular flexibility index (Phi) is 6.98. The summed E-state index contributed by atoms with van der Waals surface area (Å²) in [5, 5.41) is 3.37. The number of likely N-dealkylation sites (tertiary alicyclic amines) is 1. The summed E-state index contributed by atoms with van der Waals surface area (Å²) < 4.78 is 5.20. The Hall–Kier alpha value is -0.120. The van der Waals surface area contributed by atoms with E-state index in [1.807, 2.05) is 7.11 Å². The molecule has 0 unspecified atom stereocenters. The molecule has 0 saturated carbocycles. The van der Waals surface area contributed by atoms with Gasteiger partial charge in [-0.3, -0.25) is 0 Å². The largest absolute Gasteiger partial charge is 0.384 e. The van der Waals surface area contributed by atoms with Crippen LogP contribution in [0.1, 0.15) is 26.2 Å². The fourth-order valence-electron chi connectivity index (χ4n) is 2.22. The van der Waals surface area contributed by atoms with Gasteiger partial charge >= 0.3 is 0 Å². The Morgan fingerprint density at radius 2 is 2.07 bits per heavy atom. The fraction of sp³-hybridized carbons (Fsp3) is 1.00. The van der Waals surface area contributed by atoms with Gasteiger partial charge in [-0.05, 0) is 57.9 Å². The SMILES string of the molecule is CCNCCCN1CCC(COC)CC1. The van der Waals surface area contributed by atoms with Crippen molar-refractivity contribution < 1.29 is 4.74 Å². The maximum absolute atomic E-state index is 5.20. The summed E-state index contributed by atoms with van der Waals surface area (Å²) in [7, 11) is 1.81. The number of nitrogens with zero attached hydrogens (tertiary/aromatic N) is 1. The van der Waals surface area contributed by atoms with Gasteiger partial charge in [0.1, 0.15) is 0 Å². The third-order valence-corrected chi connectivity index (χ3v) is 3.19. The lowest BCUT2D eigenvalue weighted by Gasteiger charge is -2.31. The molecular formula is C12H26N2O. The van der Waals surface area contributed by atoms with Crippen molar-refractivity contribution in [2.45, 2.75) is 26.2 Å². The molecule has 0 atom stereocenters. The van der Waals surface area contributed by atoms with Crippen molar-refractivity contribution in [3.63, 3.8) is 0 Å². The summed E-state index contributed by atoms with van der Waals surface area (Å²) in [6, 6.07) is 0. The van der Waals surface area contributed by atoms with Crippen molar-refractivity contribution in [3.8, 4) is 0 Å². The summed E-state index contributed by atoms with van der Waals surface area (Å²) in [6.07, 6.45) is 3.91. The Morgan fingerprint density at radius 1 is 1.33 bits per heavy atom. The molecule has 0 aromatic carbocycles. The van der Waals surface area contributed by atoms with Gasteiger partial charge in [-0.2, -0.15) is 0 Å². The van der Waals surface area contributed by atoms with Crippen LogP contribution in [0.25, 0.3) is 0 Å². The second kappa shape index (κ2) is 8.08. The number of methoxy groups -OCH3 is 1. The predicted octanol–water partition coefficient (Wildman–Crippen LogP) is 1.34. The molecule has 0 radical (unpaired) electrons. The van der Waals surface area contributed by atoms with Gasteiger partial charge in [0.15, 0.2) is 0 Å². The third kappa shape index (κ3) is 5.50. The van der Waals surface area contributed by atoms with Crippen molar-refractivity contribution in [1.82, 2.24) is 10.2 Å². The molecule has 0 spiro atoms. The molecule has 0 amide bonds. The van der Waals surface area contributed by atoms with Gasteiger partial charge < -0.3 is 15.0 Å².